The second-order valence-corrected chi connectivity index (χ2v) is 4.59. The Bertz CT molecular complexity index is 597. The van der Waals surface area contributed by atoms with Gasteiger partial charge in [-0.1, -0.05) is 12.1 Å². The molecule has 0 bridgehead atoms. The maximum Gasteiger partial charge on any atom is 0.269 e. The maximum atomic E-state index is 12.7. The van der Waals surface area contributed by atoms with Gasteiger partial charge >= 0.3 is 0 Å². The first-order valence-electron chi connectivity index (χ1n) is 4.73. The van der Waals surface area contributed by atoms with Crippen molar-refractivity contribution in [2.24, 2.45) is 0 Å². The number of hydrogen-bond donors (Lipinski definition) is 0. The summed E-state index contributed by atoms with van der Waals surface area (Å²) in [6.07, 6.45) is 1.35. The van der Waals surface area contributed by atoms with Crippen molar-refractivity contribution < 1.29 is 4.39 Å². The van der Waals surface area contributed by atoms with Crippen LogP contribution in [0.3, 0.4) is 0 Å². The van der Waals surface area contributed by atoms with Gasteiger partial charge in [-0.3, -0.25) is 9.36 Å². The van der Waals surface area contributed by atoms with Gasteiger partial charge in [-0.25, -0.2) is 9.37 Å². The molecule has 0 atom stereocenters. The first kappa shape index (κ1) is 12.3. The monoisotopic (exact) mass is 316 g/mol. The van der Waals surface area contributed by atoms with Crippen LogP contribution in [-0.2, 0) is 6.54 Å². The molecule has 2 rings (SSSR count). The number of benzene rings is 1. The van der Waals surface area contributed by atoms with Crippen LogP contribution in [0, 0.1) is 5.82 Å². The minimum Gasteiger partial charge on any atom is -0.278 e. The smallest absolute Gasteiger partial charge is 0.269 e. The fraction of sp³-hybridized carbons (Fsp3) is 0.0909. The third-order valence-electron chi connectivity index (χ3n) is 2.21. The topological polar surface area (TPSA) is 34.9 Å². The minimum atomic E-state index is -0.320. The van der Waals surface area contributed by atoms with Gasteiger partial charge in [0.15, 0.2) is 0 Å². The quantitative estimate of drug-likeness (QED) is 0.798. The maximum absolute atomic E-state index is 12.7. The van der Waals surface area contributed by atoms with E-state index in [1.807, 2.05) is 0 Å². The van der Waals surface area contributed by atoms with Crippen LogP contribution >= 0.6 is 27.5 Å². The largest absolute Gasteiger partial charge is 0.278 e. The summed E-state index contributed by atoms with van der Waals surface area (Å²) in [7, 11) is 0. The standard InChI is InChI=1S/C11H7BrClFN2O/c12-9-5-15-11(13)16(10(9)17)6-7-1-3-8(14)4-2-7/h1-5H,6H2. The molecule has 17 heavy (non-hydrogen) atoms. The summed E-state index contributed by atoms with van der Waals surface area (Å²) in [5.41, 5.74) is 0.504. The van der Waals surface area contributed by atoms with Crippen molar-refractivity contribution in [1.29, 1.82) is 0 Å². The highest BCUT2D eigenvalue weighted by Crippen LogP contribution is 2.10. The highest BCUT2D eigenvalue weighted by molar-refractivity contribution is 9.10. The zero-order valence-corrected chi connectivity index (χ0v) is 10.9. The lowest BCUT2D eigenvalue weighted by atomic mass is 10.2. The average molecular weight is 318 g/mol. The van der Waals surface area contributed by atoms with E-state index < -0.39 is 0 Å². The Morgan fingerprint density at radius 3 is 2.65 bits per heavy atom. The molecule has 3 nitrogen and oxygen atoms in total. The van der Waals surface area contributed by atoms with E-state index in [1.165, 1.54) is 22.9 Å². The second-order valence-electron chi connectivity index (χ2n) is 3.39. The first-order valence-corrected chi connectivity index (χ1v) is 5.90. The van der Waals surface area contributed by atoms with E-state index in [0.29, 0.717) is 4.47 Å². The molecule has 2 aromatic rings. The molecular weight excluding hydrogens is 310 g/mol. The molecule has 0 fully saturated rings. The molecular formula is C11H7BrClFN2O. The van der Waals surface area contributed by atoms with Crippen LogP contribution in [0.1, 0.15) is 5.56 Å². The molecule has 0 amide bonds. The Labute approximate surface area is 110 Å². The van der Waals surface area contributed by atoms with E-state index in [4.69, 9.17) is 11.6 Å². The molecule has 6 heteroatoms. The van der Waals surface area contributed by atoms with Crippen LogP contribution in [0.25, 0.3) is 0 Å². The van der Waals surface area contributed by atoms with E-state index in [9.17, 15) is 9.18 Å². The molecule has 1 aromatic heterocycles. The van der Waals surface area contributed by atoms with Gasteiger partial charge in [-0.05, 0) is 45.2 Å². The number of hydrogen-bond acceptors (Lipinski definition) is 2. The SMILES string of the molecule is O=c1c(Br)cnc(Cl)n1Cc1ccc(F)cc1. The highest BCUT2D eigenvalue weighted by Gasteiger charge is 2.07. The highest BCUT2D eigenvalue weighted by atomic mass is 79.9. The van der Waals surface area contributed by atoms with Crippen LogP contribution in [-0.4, -0.2) is 9.55 Å². The van der Waals surface area contributed by atoms with E-state index in [2.05, 4.69) is 20.9 Å². The summed E-state index contributed by atoms with van der Waals surface area (Å²) in [4.78, 5) is 15.6. The lowest BCUT2D eigenvalue weighted by Gasteiger charge is -2.07. The molecule has 0 N–H and O–H groups in total. The zero-order valence-electron chi connectivity index (χ0n) is 8.53. The molecule has 0 saturated carbocycles. The van der Waals surface area contributed by atoms with Crippen LogP contribution in [0.15, 0.2) is 39.7 Å². The van der Waals surface area contributed by atoms with Gasteiger partial charge in [0.2, 0.25) is 5.28 Å². The molecule has 0 unspecified atom stereocenters. The Kier molecular flexibility index (Phi) is 3.59. The number of aromatic nitrogens is 2. The Morgan fingerprint density at radius 2 is 2.00 bits per heavy atom. The Balaban J connectivity index is 2.39. The van der Waals surface area contributed by atoms with E-state index in [1.54, 1.807) is 12.1 Å². The van der Waals surface area contributed by atoms with Gasteiger partial charge in [0.1, 0.15) is 10.3 Å². The third kappa shape index (κ3) is 2.73. The molecule has 0 spiro atoms. The van der Waals surface area contributed by atoms with Gasteiger partial charge in [0.25, 0.3) is 5.56 Å². The van der Waals surface area contributed by atoms with Crippen molar-refractivity contribution in [2.45, 2.75) is 6.54 Å². The van der Waals surface area contributed by atoms with Gasteiger partial charge in [-0.15, -0.1) is 0 Å². The van der Waals surface area contributed by atoms with E-state index in [-0.39, 0.29) is 23.2 Å². The number of nitrogens with zero attached hydrogens (tertiary/aromatic N) is 2. The molecule has 88 valence electrons. The minimum absolute atomic E-state index is 0.0996. The summed E-state index contributed by atoms with van der Waals surface area (Å²) < 4.78 is 14.4. The first-order chi connectivity index (χ1) is 8.08. The lowest BCUT2D eigenvalue weighted by Crippen LogP contribution is -2.22. The molecule has 1 heterocycles. The number of rotatable bonds is 2. The molecule has 0 aliphatic heterocycles. The molecule has 0 aliphatic carbocycles. The third-order valence-corrected chi connectivity index (χ3v) is 3.06. The lowest BCUT2D eigenvalue weighted by molar-refractivity contribution is 0.625. The summed E-state index contributed by atoms with van der Waals surface area (Å²) in [6.45, 7) is 0.254. The molecule has 0 saturated heterocycles. The van der Waals surface area contributed by atoms with E-state index in [0.717, 1.165) is 5.56 Å². The van der Waals surface area contributed by atoms with Gasteiger partial charge < -0.3 is 0 Å². The van der Waals surface area contributed by atoms with Crippen molar-refractivity contribution in [1.82, 2.24) is 9.55 Å². The van der Waals surface area contributed by atoms with Gasteiger partial charge in [-0.2, -0.15) is 0 Å². The van der Waals surface area contributed by atoms with Crippen molar-refractivity contribution in [3.63, 3.8) is 0 Å². The second kappa shape index (κ2) is 4.98. The fourth-order valence-electron chi connectivity index (χ4n) is 1.36. The predicted octanol–water partition coefficient (Wildman–Crippen LogP) is 2.85. The van der Waals surface area contributed by atoms with Crippen LogP contribution in [0.5, 0.6) is 0 Å². The normalized spacial score (nSPS) is 10.5. The number of halogens is 3. The molecule has 0 radical (unpaired) electrons. The van der Waals surface area contributed by atoms with Crippen molar-refractivity contribution in [2.75, 3.05) is 0 Å². The van der Waals surface area contributed by atoms with Gasteiger partial charge in [0.05, 0.1) is 12.7 Å². The molecule has 0 aliphatic rings. The van der Waals surface area contributed by atoms with Crippen molar-refractivity contribution >= 4 is 27.5 Å². The average Bonchev–Trinajstić information content (AvgIpc) is 2.32. The Morgan fingerprint density at radius 1 is 1.35 bits per heavy atom. The zero-order chi connectivity index (χ0) is 12.4. The van der Waals surface area contributed by atoms with Crippen LogP contribution in [0.4, 0.5) is 4.39 Å². The van der Waals surface area contributed by atoms with E-state index >= 15 is 0 Å². The molecule has 1 aromatic carbocycles. The Hall–Kier alpha value is -1.20. The van der Waals surface area contributed by atoms with Crippen LogP contribution in [0.2, 0.25) is 5.28 Å². The summed E-state index contributed by atoms with van der Waals surface area (Å²) in [6, 6.07) is 5.86. The van der Waals surface area contributed by atoms with Crippen LogP contribution < -0.4 is 5.56 Å². The fourth-order valence-corrected chi connectivity index (χ4v) is 1.86. The van der Waals surface area contributed by atoms with Crippen molar-refractivity contribution in [3.05, 3.63) is 62.0 Å². The summed E-state index contributed by atoms with van der Waals surface area (Å²) >= 11 is 8.93. The van der Waals surface area contributed by atoms with Crippen molar-refractivity contribution in [3.8, 4) is 0 Å². The summed E-state index contributed by atoms with van der Waals surface area (Å²) in [5.74, 6) is -0.320. The predicted molar refractivity (Wildman–Crippen MR) is 66.7 cm³/mol. The van der Waals surface area contributed by atoms with Gasteiger partial charge in [0, 0.05) is 0 Å². The summed E-state index contributed by atoms with van der Waals surface area (Å²) in [5, 5.41) is 0.0996.